The number of nitro groups is 1. The van der Waals surface area contributed by atoms with Crippen LogP contribution in [0.1, 0.15) is 5.56 Å². The lowest BCUT2D eigenvalue weighted by Gasteiger charge is -2.34. The first-order valence-electron chi connectivity index (χ1n) is 9.24. The zero-order valence-electron chi connectivity index (χ0n) is 15.2. The number of aromatic nitrogens is 2. The minimum Gasteiger partial charge on any atom is -0.358 e. The molecule has 2 aromatic carbocycles. The molecule has 0 amide bonds. The summed E-state index contributed by atoms with van der Waals surface area (Å²) in [4.78, 5) is 20.9. The number of nitrogens with zero attached hydrogens (tertiary/aromatic N) is 5. The van der Waals surface area contributed by atoms with Crippen molar-refractivity contribution in [3.63, 3.8) is 0 Å². The van der Waals surface area contributed by atoms with Crippen molar-refractivity contribution in [3.8, 4) is 0 Å². The van der Waals surface area contributed by atoms with Crippen molar-refractivity contribution in [1.29, 1.82) is 0 Å². The number of hydrogen-bond donors (Lipinski definition) is 0. The summed E-state index contributed by atoms with van der Waals surface area (Å²) in [7, 11) is 0. The van der Waals surface area contributed by atoms with Gasteiger partial charge in [-0.2, -0.15) is 9.38 Å². The van der Waals surface area contributed by atoms with E-state index in [9.17, 15) is 10.1 Å². The van der Waals surface area contributed by atoms with Crippen molar-refractivity contribution in [3.05, 3.63) is 69.7 Å². The average Bonchev–Trinajstić information content (AvgIpc) is 3.30. The van der Waals surface area contributed by atoms with E-state index in [1.165, 1.54) is 27.7 Å². The molecule has 4 aromatic rings. The van der Waals surface area contributed by atoms with Crippen molar-refractivity contribution in [2.45, 2.75) is 6.54 Å². The zero-order chi connectivity index (χ0) is 19.1. The molecule has 28 heavy (non-hydrogen) atoms. The second-order valence-corrected chi connectivity index (χ2v) is 7.85. The van der Waals surface area contributed by atoms with E-state index in [1.807, 2.05) is 10.3 Å². The summed E-state index contributed by atoms with van der Waals surface area (Å²) in [5.41, 5.74) is 1.32. The van der Waals surface area contributed by atoms with Gasteiger partial charge in [0.25, 0.3) is 4.96 Å². The number of benzene rings is 2. The van der Waals surface area contributed by atoms with E-state index < -0.39 is 0 Å². The highest BCUT2D eigenvalue weighted by Gasteiger charge is 2.30. The number of imidazole rings is 1. The quantitative estimate of drug-likeness (QED) is 0.390. The maximum absolute atomic E-state index is 11.6. The third-order valence-corrected chi connectivity index (χ3v) is 6.09. The second kappa shape index (κ2) is 6.88. The lowest BCUT2D eigenvalue weighted by Crippen LogP contribution is -2.46. The molecule has 0 aliphatic carbocycles. The van der Waals surface area contributed by atoms with Gasteiger partial charge >= 0.3 is 5.82 Å². The number of anilines is 1. The molecule has 2 aromatic heterocycles. The van der Waals surface area contributed by atoms with E-state index in [0.717, 1.165) is 32.7 Å². The first-order chi connectivity index (χ1) is 13.7. The Morgan fingerprint density at radius 1 is 1.07 bits per heavy atom. The monoisotopic (exact) mass is 393 g/mol. The molecule has 0 bridgehead atoms. The average molecular weight is 393 g/mol. The van der Waals surface area contributed by atoms with Crippen LogP contribution in [0, 0.1) is 10.1 Å². The topological polar surface area (TPSA) is 66.9 Å². The fraction of sp³-hybridized carbons (Fsp3) is 0.250. The van der Waals surface area contributed by atoms with Crippen molar-refractivity contribution >= 4 is 38.7 Å². The Labute approximate surface area is 165 Å². The number of thiazole rings is 1. The summed E-state index contributed by atoms with van der Waals surface area (Å²) < 4.78 is 1.57. The molecule has 0 atom stereocenters. The molecule has 0 radical (unpaired) electrons. The van der Waals surface area contributed by atoms with Gasteiger partial charge in [-0.1, -0.05) is 53.8 Å². The molecule has 0 spiro atoms. The maximum Gasteiger partial charge on any atom is 0.373 e. The number of hydrogen-bond acceptors (Lipinski definition) is 6. The third kappa shape index (κ3) is 2.90. The van der Waals surface area contributed by atoms with Crippen LogP contribution >= 0.6 is 11.3 Å². The lowest BCUT2D eigenvalue weighted by atomic mass is 10.0. The molecule has 0 N–H and O–H groups in total. The fourth-order valence-electron chi connectivity index (χ4n) is 3.93. The number of rotatable bonds is 4. The Balaban J connectivity index is 1.34. The van der Waals surface area contributed by atoms with Gasteiger partial charge < -0.3 is 15.0 Å². The van der Waals surface area contributed by atoms with E-state index in [0.29, 0.717) is 10.8 Å². The normalized spacial score (nSPS) is 15.5. The van der Waals surface area contributed by atoms with E-state index in [1.54, 1.807) is 10.6 Å². The molecule has 3 heterocycles. The van der Waals surface area contributed by atoms with Gasteiger partial charge in [0.15, 0.2) is 0 Å². The van der Waals surface area contributed by atoms with Crippen molar-refractivity contribution in [2.24, 2.45) is 0 Å². The van der Waals surface area contributed by atoms with Crippen LogP contribution in [0.4, 0.5) is 11.6 Å². The fourth-order valence-corrected chi connectivity index (χ4v) is 4.64. The van der Waals surface area contributed by atoms with Crippen molar-refractivity contribution in [1.82, 2.24) is 14.3 Å². The van der Waals surface area contributed by atoms with Gasteiger partial charge in [0.05, 0.1) is 0 Å². The number of piperazine rings is 1. The molecular formula is C20H19N5O2S. The highest BCUT2D eigenvalue weighted by atomic mass is 32.1. The van der Waals surface area contributed by atoms with Gasteiger partial charge in [0.2, 0.25) is 5.82 Å². The van der Waals surface area contributed by atoms with E-state index in [2.05, 4.69) is 52.3 Å². The van der Waals surface area contributed by atoms with Gasteiger partial charge in [0.1, 0.15) is 6.20 Å². The minimum atomic E-state index is -0.329. The van der Waals surface area contributed by atoms with Gasteiger partial charge in [-0.3, -0.25) is 4.90 Å². The molecule has 1 aliphatic rings. The molecule has 1 aliphatic heterocycles. The molecule has 0 unspecified atom stereocenters. The lowest BCUT2D eigenvalue weighted by molar-refractivity contribution is -0.389. The SMILES string of the molecule is O=[N+]([O-])c1c(N2CCN(Cc3cccc4ccccc34)CC2)nc2sccn12. The summed E-state index contributed by atoms with van der Waals surface area (Å²) in [5, 5.41) is 15.9. The molecule has 1 saturated heterocycles. The van der Waals surface area contributed by atoms with Crippen LogP contribution in [0.25, 0.3) is 15.7 Å². The molecule has 0 saturated carbocycles. The summed E-state index contributed by atoms with van der Waals surface area (Å²) >= 11 is 1.42. The van der Waals surface area contributed by atoms with Crippen LogP contribution in [-0.2, 0) is 6.54 Å². The maximum atomic E-state index is 11.6. The molecule has 7 nitrogen and oxygen atoms in total. The predicted molar refractivity (Wildman–Crippen MR) is 111 cm³/mol. The Morgan fingerprint density at radius 2 is 1.86 bits per heavy atom. The Morgan fingerprint density at radius 3 is 2.68 bits per heavy atom. The van der Waals surface area contributed by atoms with Gasteiger partial charge in [0, 0.05) is 38.1 Å². The molecule has 8 heteroatoms. The van der Waals surface area contributed by atoms with Crippen LogP contribution in [0.3, 0.4) is 0 Å². The highest BCUT2D eigenvalue weighted by Crippen LogP contribution is 2.31. The van der Waals surface area contributed by atoms with Gasteiger partial charge in [-0.05, 0) is 21.3 Å². The van der Waals surface area contributed by atoms with Crippen LogP contribution < -0.4 is 4.90 Å². The summed E-state index contributed by atoms with van der Waals surface area (Å²) in [6, 6.07) is 14.9. The minimum absolute atomic E-state index is 0.0683. The number of fused-ring (bicyclic) bond motifs is 2. The third-order valence-electron chi connectivity index (χ3n) is 5.34. The Bertz CT molecular complexity index is 1150. The summed E-state index contributed by atoms with van der Waals surface area (Å²) in [6.07, 6.45) is 1.71. The Kier molecular flexibility index (Phi) is 4.22. The van der Waals surface area contributed by atoms with Crippen molar-refractivity contribution < 1.29 is 4.92 Å². The van der Waals surface area contributed by atoms with Gasteiger partial charge in [-0.15, -0.1) is 0 Å². The van der Waals surface area contributed by atoms with Crippen LogP contribution in [0.5, 0.6) is 0 Å². The first kappa shape index (κ1) is 17.2. The largest absolute Gasteiger partial charge is 0.373 e. The van der Waals surface area contributed by atoms with E-state index in [4.69, 9.17) is 0 Å². The second-order valence-electron chi connectivity index (χ2n) is 6.97. The van der Waals surface area contributed by atoms with E-state index >= 15 is 0 Å². The standard InChI is InChI=1S/C20H19N5O2S/c26-25(27)19-18(21-20-24(19)12-13-28-20)23-10-8-22(9-11-23)14-16-6-3-5-15-4-1-2-7-17(15)16/h1-7,12-13H,8-11,14H2. The smallest absolute Gasteiger partial charge is 0.358 e. The Hall–Kier alpha value is -2.97. The summed E-state index contributed by atoms with van der Waals surface area (Å²) in [5.74, 6) is 0.556. The van der Waals surface area contributed by atoms with Gasteiger partial charge in [-0.25, -0.2) is 0 Å². The van der Waals surface area contributed by atoms with Crippen molar-refractivity contribution in [2.75, 3.05) is 31.1 Å². The molecule has 5 rings (SSSR count). The van der Waals surface area contributed by atoms with Crippen LogP contribution in [-0.4, -0.2) is 45.4 Å². The highest BCUT2D eigenvalue weighted by molar-refractivity contribution is 7.15. The predicted octanol–water partition coefficient (Wildman–Crippen LogP) is 3.78. The van der Waals surface area contributed by atoms with E-state index in [-0.39, 0.29) is 10.7 Å². The molecule has 142 valence electrons. The van der Waals surface area contributed by atoms with Crippen LogP contribution in [0.15, 0.2) is 54.0 Å². The zero-order valence-corrected chi connectivity index (χ0v) is 16.0. The summed E-state index contributed by atoms with van der Waals surface area (Å²) in [6.45, 7) is 4.06. The molecular weight excluding hydrogens is 374 g/mol. The molecule has 1 fully saturated rings. The first-order valence-corrected chi connectivity index (χ1v) is 10.1. The van der Waals surface area contributed by atoms with Crippen LogP contribution in [0.2, 0.25) is 0 Å².